The molecular weight excluding hydrogens is 208 g/mol. The number of fused-ring (bicyclic) bond motifs is 1. The first-order chi connectivity index (χ1) is 7.16. The van der Waals surface area contributed by atoms with Crippen LogP contribution in [0.15, 0.2) is 0 Å². The highest BCUT2D eigenvalue weighted by molar-refractivity contribution is 8.00. The first-order valence-electron chi connectivity index (χ1n) is 5.85. The van der Waals surface area contributed by atoms with Gasteiger partial charge in [0, 0.05) is 11.0 Å². The van der Waals surface area contributed by atoms with Crippen molar-refractivity contribution in [3.05, 3.63) is 0 Å². The van der Waals surface area contributed by atoms with Crippen LogP contribution in [-0.4, -0.2) is 29.1 Å². The van der Waals surface area contributed by atoms with Crippen LogP contribution < -0.4 is 10.6 Å². The van der Waals surface area contributed by atoms with Crippen LogP contribution in [-0.2, 0) is 0 Å². The molecule has 2 aliphatic heterocycles. The van der Waals surface area contributed by atoms with Crippen LogP contribution in [0, 0.1) is 5.92 Å². The van der Waals surface area contributed by atoms with Crippen molar-refractivity contribution in [2.45, 2.75) is 50.4 Å². The standard InChI is InChI=1S/C11H20N2OS/c1-7(2)4-3-5-9-10-8(6-15-9)12-11(14)13-10/h7-10H,3-6H2,1-2H3,(H2,12,13,14)/t8-,9-,10-/m0/s1. The molecule has 0 aromatic carbocycles. The number of urea groups is 1. The molecule has 2 aliphatic rings. The van der Waals surface area contributed by atoms with Crippen LogP contribution in [0.25, 0.3) is 0 Å². The highest BCUT2D eigenvalue weighted by Gasteiger charge is 2.42. The number of hydrogen-bond donors (Lipinski definition) is 2. The third kappa shape index (κ3) is 2.60. The molecule has 0 aliphatic carbocycles. The van der Waals surface area contributed by atoms with Crippen LogP contribution in [0.4, 0.5) is 4.79 Å². The van der Waals surface area contributed by atoms with Crippen LogP contribution in [0.2, 0.25) is 0 Å². The van der Waals surface area contributed by atoms with Gasteiger partial charge in [0.25, 0.3) is 0 Å². The van der Waals surface area contributed by atoms with Crippen molar-refractivity contribution < 1.29 is 4.79 Å². The second-order valence-electron chi connectivity index (χ2n) is 4.95. The predicted octanol–water partition coefficient (Wildman–Crippen LogP) is 1.98. The number of thioether (sulfide) groups is 1. The number of nitrogens with one attached hydrogen (secondary N) is 2. The van der Waals surface area contributed by atoms with Gasteiger partial charge in [0.2, 0.25) is 0 Å². The Balaban J connectivity index is 1.76. The smallest absolute Gasteiger partial charge is 0.315 e. The Labute approximate surface area is 95.8 Å². The van der Waals surface area contributed by atoms with Crippen molar-refractivity contribution in [3.63, 3.8) is 0 Å². The van der Waals surface area contributed by atoms with Gasteiger partial charge in [-0.1, -0.05) is 26.7 Å². The van der Waals surface area contributed by atoms with E-state index in [-0.39, 0.29) is 6.03 Å². The molecule has 0 radical (unpaired) electrons. The zero-order valence-electron chi connectivity index (χ0n) is 9.45. The minimum Gasteiger partial charge on any atom is -0.332 e. The molecule has 0 aromatic heterocycles. The second-order valence-corrected chi connectivity index (χ2v) is 6.22. The van der Waals surface area contributed by atoms with Crippen LogP contribution in [0.5, 0.6) is 0 Å². The molecule has 4 heteroatoms. The zero-order chi connectivity index (χ0) is 10.8. The summed E-state index contributed by atoms with van der Waals surface area (Å²) in [5.74, 6) is 1.87. The highest BCUT2D eigenvalue weighted by atomic mass is 32.2. The van der Waals surface area contributed by atoms with E-state index in [0.29, 0.717) is 17.3 Å². The summed E-state index contributed by atoms with van der Waals surface area (Å²) >= 11 is 2.01. The van der Waals surface area contributed by atoms with E-state index in [0.717, 1.165) is 11.7 Å². The summed E-state index contributed by atoms with van der Waals surface area (Å²) in [5.41, 5.74) is 0. The quantitative estimate of drug-likeness (QED) is 0.722. The highest BCUT2D eigenvalue weighted by Crippen LogP contribution is 2.33. The van der Waals surface area contributed by atoms with Gasteiger partial charge in [-0.2, -0.15) is 11.8 Å². The molecule has 0 unspecified atom stereocenters. The molecule has 0 bridgehead atoms. The molecule has 2 amide bonds. The van der Waals surface area contributed by atoms with E-state index in [1.165, 1.54) is 19.3 Å². The van der Waals surface area contributed by atoms with Gasteiger partial charge >= 0.3 is 6.03 Å². The summed E-state index contributed by atoms with van der Waals surface area (Å²) in [4.78, 5) is 11.2. The maximum Gasteiger partial charge on any atom is 0.315 e. The number of hydrogen-bond acceptors (Lipinski definition) is 2. The van der Waals surface area contributed by atoms with E-state index in [4.69, 9.17) is 0 Å². The SMILES string of the molecule is CC(C)CCC[C@@H]1SC[C@@H]2NC(=O)N[C@@H]21. The molecule has 3 atom stereocenters. The van der Waals surface area contributed by atoms with E-state index in [2.05, 4.69) is 24.5 Å². The predicted molar refractivity (Wildman–Crippen MR) is 64.2 cm³/mol. The van der Waals surface area contributed by atoms with Crippen LogP contribution >= 0.6 is 11.8 Å². The third-order valence-electron chi connectivity index (χ3n) is 3.21. The molecule has 15 heavy (non-hydrogen) atoms. The molecule has 2 N–H and O–H groups in total. The number of carbonyl (C=O) groups excluding carboxylic acids is 1. The fraction of sp³-hybridized carbons (Fsp3) is 0.909. The Kier molecular flexibility index (Phi) is 3.44. The summed E-state index contributed by atoms with van der Waals surface area (Å²) in [6.45, 7) is 4.53. The van der Waals surface area contributed by atoms with E-state index >= 15 is 0 Å². The maximum atomic E-state index is 11.2. The summed E-state index contributed by atoms with van der Waals surface area (Å²) in [6, 6.07) is 0.792. The topological polar surface area (TPSA) is 41.1 Å². The summed E-state index contributed by atoms with van der Waals surface area (Å²) < 4.78 is 0. The van der Waals surface area contributed by atoms with Gasteiger partial charge in [-0.15, -0.1) is 0 Å². The Bertz CT molecular complexity index is 245. The molecule has 2 saturated heterocycles. The van der Waals surface area contributed by atoms with Gasteiger partial charge in [0.15, 0.2) is 0 Å². The monoisotopic (exact) mass is 228 g/mol. The van der Waals surface area contributed by atoms with Crippen molar-refractivity contribution in [2.75, 3.05) is 5.75 Å². The lowest BCUT2D eigenvalue weighted by Gasteiger charge is -2.16. The third-order valence-corrected chi connectivity index (χ3v) is 4.72. The Morgan fingerprint density at radius 2 is 2.27 bits per heavy atom. The minimum atomic E-state index is 0.0270. The number of carbonyl (C=O) groups is 1. The lowest BCUT2D eigenvalue weighted by molar-refractivity contribution is 0.247. The van der Waals surface area contributed by atoms with Crippen molar-refractivity contribution in [1.82, 2.24) is 10.6 Å². The maximum absolute atomic E-state index is 11.2. The number of amides is 2. The van der Waals surface area contributed by atoms with Crippen LogP contribution in [0.1, 0.15) is 33.1 Å². The molecule has 86 valence electrons. The fourth-order valence-corrected chi connectivity index (χ4v) is 3.91. The van der Waals surface area contributed by atoms with Gasteiger partial charge in [-0.05, 0) is 12.3 Å². The van der Waals surface area contributed by atoms with Crippen molar-refractivity contribution >= 4 is 17.8 Å². The Morgan fingerprint density at radius 3 is 3.00 bits per heavy atom. The second kappa shape index (κ2) is 4.64. The van der Waals surface area contributed by atoms with E-state index in [9.17, 15) is 4.79 Å². The van der Waals surface area contributed by atoms with Gasteiger partial charge < -0.3 is 10.6 Å². The summed E-state index contributed by atoms with van der Waals surface area (Å²) in [6.07, 6.45) is 3.83. The van der Waals surface area contributed by atoms with Crippen molar-refractivity contribution in [1.29, 1.82) is 0 Å². The zero-order valence-corrected chi connectivity index (χ0v) is 10.3. The van der Waals surface area contributed by atoms with Crippen molar-refractivity contribution in [3.8, 4) is 0 Å². The van der Waals surface area contributed by atoms with E-state index in [1.807, 2.05) is 11.8 Å². The molecule has 2 fully saturated rings. The first kappa shape index (κ1) is 11.1. The first-order valence-corrected chi connectivity index (χ1v) is 6.90. The van der Waals surface area contributed by atoms with E-state index in [1.54, 1.807) is 0 Å². The van der Waals surface area contributed by atoms with Gasteiger partial charge in [-0.3, -0.25) is 0 Å². The van der Waals surface area contributed by atoms with Crippen LogP contribution in [0.3, 0.4) is 0 Å². The normalized spacial score (nSPS) is 34.1. The van der Waals surface area contributed by atoms with Gasteiger partial charge in [0.1, 0.15) is 0 Å². The lowest BCUT2D eigenvalue weighted by Crippen LogP contribution is -2.36. The largest absolute Gasteiger partial charge is 0.332 e. The van der Waals surface area contributed by atoms with Crippen molar-refractivity contribution in [2.24, 2.45) is 5.92 Å². The average molecular weight is 228 g/mol. The van der Waals surface area contributed by atoms with Gasteiger partial charge in [0.05, 0.1) is 12.1 Å². The number of rotatable bonds is 4. The summed E-state index contributed by atoms with van der Waals surface area (Å²) in [7, 11) is 0. The molecule has 0 saturated carbocycles. The molecule has 2 rings (SSSR count). The average Bonchev–Trinajstić information content (AvgIpc) is 2.65. The Morgan fingerprint density at radius 1 is 1.47 bits per heavy atom. The van der Waals surface area contributed by atoms with Gasteiger partial charge in [-0.25, -0.2) is 4.79 Å². The molecule has 2 heterocycles. The molecule has 3 nitrogen and oxygen atoms in total. The molecule has 0 spiro atoms. The molecule has 0 aromatic rings. The Hall–Kier alpha value is -0.380. The minimum absolute atomic E-state index is 0.0270. The lowest BCUT2D eigenvalue weighted by atomic mass is 10.0. The fourth-order valence-electron chi connectivity index (χ4n) is 2.37. The van der Waals surface area contributed by atoms with E-state index < -0.39 is 0 Å². The summed E-state index contributed by atoms with van der Waals surface area (Å²) in [5, 5.41) is 6.64. The molecular formula is C11H20N2OS.